The Morgan fingerprint density at radius 1 is 1.37 bits per heavy atom. The Hall–Kier alpha value is -1.14. The van der Waals surface area contributed by atoms with Crippen LogP contribution in [0.3, 0.4) is 0 Å². The van der Waals surface area contributed by atoms with E-state index in [2.05, 4.69) is 5.32 Å². The summed E-state index contributed by atoms with van der Waals surface area (Å²) in [6.07, 6.45) is 1.17. The zero-order valence-electron chi connectivity index (χ0n) is 11.9. The molecule has 1 rings (SSSR count). The molecule has 1 amide bonds. The van der Waals surface area contributed by atoms with Gasteiger partial charge in [-0.25, -0.2) is 4.79 Å². The maximum absolute atomic E-state index is 12.4. The van der Waals surface area contributed by atoms with Crippen molar-refractivity contribution in [2.24, 2.45) is 17.1 Å². The van der Waals surface area contributed by atoms with Gasteiger partial charge in [-0.3, -0.25) is 4.79 Å². The van der Waals surface area contributed by atoms with Crippen molar-refractivity contribution in [3.05, 3.63) is 0 Å². The van der Waals surface area contributed by atoms with Crippen LogP contribution in [0.2, 0.25) is 0 Å². The van der Waals surface area contributed by atoms with E-state index in [9.17, 15) is 9.59 Å². The van der Waals surface area contributed by atoms with Crippen LogP contribution in [0.1, 0.15) is 26.7 Å². The number of carbonyl (C=O) groups excluding carboxylic acids is 2. The van der Waals surface area contributed by atoms with E-state index in [4.69, 9.17) is 15.2 Å². The summed E-state index contributed by atoms with van der Waals surface area (Å²) in [5.74, 6) is -0.643. The Labute approximate surface area is 114 Å². The molecule has 110 valence electrons. The van der Waals surface area contributed by atoms with E-state index in [-0.39, 0.29) is 18.4 Å². The Bertz CT molecular complexity index is 325. The molecule has 1 atom stereocenters. The summed E-state index contributed by atoms with van der Waals surface area (Å²) >= 11 is 0. The number of rotatable bonds is 5. The highest BCUT2D eigenvalue weighted by molar-refractivity contribution is 5.88. The van der Waals surface area contributed by atoms with Gasteiger partial charge in [-0.1, -0.05) is 13.8 Å². The third-order valence-electron chi connectivity index (χ3n) is 3.73. The Kier molecular flexibility index (Phi) is 5.75. The highest BCUT2D eigenvalue weighted by Gasteiger charge is 2.40. The second-order valence-electron chi connectivity index (χ2n) is 5.32. The molecule has 0 unspecified atom stereocenters. The third kappa shape index (κ3) is 3.67. The lowest BCUT2D eigenvalue weighted by molar-refractivity contribution is -0.149. The number of hydrogen-bond acceptors (Lipinski definition) is 5. The highest BCUT2D eigenvalue weighted by Crippen LogP contribution is 2.29. The number of nitrogens with two attached hydrogens (primary N) is 1. The number of amides is 1. The second-order valence-corrected chi connectivity index (χ2v) is 5.32. The number of ether oxygens (including phenoxy) is 2. The third-order valence-corrected chi connectivity index (χ3v) is 3.73. The maximum Gasteiger partial charge on any atom is 0.328 e. The summed E-state index contributed by atoms with van der Waals surface area (Å²) in [5.41, 5.74) is 5.14. The average molecular weight is 272 g/mol. The second kappa shape index (κ2) is 6.86. The summed E-state index contributed by atoms with van der Waals surface area (Å²) in [5, 5.41) is 2.78. The summed E-state index contributed by atoms with van der Waals surface area (Å²) in [6, 6.07) is -0.635. The van der Waals surface area contributed by atoms with Gasteiger partial charge in [0.05, 0.1) is 12.5 Å². The summed E-state index contributed by atoms with van der Waals surface area (Å²) < 4.78 is 9.99. The SMILES string of the molecule is COC(=O)[C@@H](NC(=O)C1(CN)CCOCC1)C(C)C. The number of nitrogens with one attached hydrogen (secondary N) is 1. The fourth-order valence-corrected chi connectivity index (χ4v) is 2.21. The predicted molar refractivity (Wildman–Crippen MR) is 70.3 cm³/mol. The first-order chi connectivity index (χ1) is 8.96. The van der Waals surface area contributed by atoms with Crippen LogP contribution in [-0.4, -0.2) is 44.8 Å². The van der Waals surface area contributed by atoms with Gasteiger partial charge in [-0.2, -0.15) is 0 Å². The van der Waals surface area contributed by atoms with E-state index < -0.39 is 17.4 Å². The van der Waals surface area contributed by atoms with Crippen molar-refractivity contribution in [2.45, 2.75) is 32.7 Å². The van der Waals surface area contributed by atoms with E-state index in [0.29, 0.717) is 26.1 Å². The van der Waals surface area contributed by atoms with Crippen LogP contribution in [0.5, 0.6) is 0 Å². The van der Waals surface area contributed by atoms with Gasteiger partial charge >= 0.3 is 5.97 Å². The van der Waals surface area contributed by atoms with Gasteiger partial charge in [0.15, 0.2) is 0 Å². The predicted octanol–water partition coefficient (Wildman–Crippen LogP) is 0.0557. The normalized spacial score (nSPS) is 19.8. The number of hydrogen-bond donors (Lipinski definition) is 2. The van der Waals surface area contributed by atoms with E-state index in [0.717, 1.165) is 0 Å². The summed E-state index contributed by atoms with van der Waals surface area (Å²) in [6.45, 7) is 5.03. The lowest BCUT2D eigenvalue weighted by atomic mass is 9.79. The molecule has 3 N–H and O–H groups in total. The molecule has 0 radical (unpaired) electrons. The molecule has 6 nitrogen and oxygen atoms in total. The molecule has 1 heterocycles. The average Bonchev–Trinajstić information content (AvgIpc) is 2.43. The van der Waals surface area contributed by atoms with Crippen molar-refractivity contribution in [3.63, 3.8) is 0 Å². The van der Waals surface area contributed by atoms with Crippen LogP contribution >= 0.6 is 0 Å². The van der Waals surface area contributed by atoms with Gasteiger partial charge in [0.2, 0.25) is 5.91 Å². The zero-order chi connectivity index (χ0) is 14.5. The fraction of sp³-hybridized carbons (Fsp3) is 0.846. The zero-order valence-corrected chi connectivity index (χ0v) is 11.9. The molecule has 0 aromatic carbocycles. The molecule has 1 saturated heterocycles. The smallest absolute Gasteiger partial charge is 0.328 e. The number of esters is 1. The van der Waals surface area contributed by atoms with Crippen LogP contribution < -0.4 is 11.1 Å². The van der Waals surface area contributed by atoms with E-state index in [1.807, 2.05) is 13.8 Å². The van der Waals surface area contributed by atoms with E-state index in [1.54, 1.807) is 0 Å². The number of carbonyl (C=O) groups is 2. The van der Waals surface area contributed by atoms with Gasteiger partial charge in [-0.15, -0.1) is 0 Å². The van der Waals surface area contributed by atoms with Gasteiger partial charge in [0, 0.05) is 19.8 Å². The van der Waals surface area contributed by atoms with Crippen LogP contribution in [-0.2, 0) is 19.1 Å². The molecule has 0 spiro atoms. The van der Waals surface area contributed by atoms with Crippen LogP contribution in [0, 0.1) is 11.3 Å². The largest absolute Gasteiger partial charge is 0.467 e. The first kappa shape index (κ1) is 15.9. The van der Waals surface area contributed by atoms with E-state index >= 15 is 0 Å². The molecule has 0 aromatic heterocycles. The Balaban J connectivity index is 2.77. The van der Waals surface area contributed by atoms with E-state index in [1.165, 1.54) is 7.11 Å². The maximum atomic E-state index is 12.4. The minimum Gasteiger partial charge on any atom is -0.467 e. The quantitative estimate of drug-likeness (QED) is 0.690. The molecule has 1 fully saturated rings. The van der Waals surface area contributed by atoms with Crippen LogP contribution in [0.25, 0.3) is 0 Å². The molecular weight excluding hydrogens is 248 g/mol. The van der Waals surface area contributed by atoms with Gasteiger partial charge in [-0.05, 0) is 18.8 Å². The van der Waals surface area contributed by atoms with Gasteiger partial charge in [0.25, 0.3) is 0 Å². The molecule has 6 heteroatoms. The number of methoxy groups -OCH3 is 1. The van der Waals surface area contributed by atoms with Crippen LogP contribution in [0.15, 0.2) is 0 Å². The first-order valence-electron chi connectivity index (χ1n) is 6.63. The highest BCUT2D eigenvalue weighted by atomic mass is 16.5. The molecule has 0 saturated carbocycles. The minimum atomic E-state index is -0.635. The molecule has 1 aliphatic rings. The topological polar surface area (TPSA) is 90.7 Å². The lowest BCUT2D eigenvalue weighted by Gasteiger charge is -2.36. The monoisotopic (exact) mass is 272 g/mol. The van der Waals surface area contributed by atoms with Crippen molar-refractivity contribution < 1.29 is 19.1 Å². The standard InChI is InChI=1S/C13H24N2O4/c1-9(2)10(11(16)18-3)15-12(17)13(8-14)4-6-19-7-5-13/h9-10H,4-8,14H2,1-3H3,(H,15,17)/t10-/m0/s1. The van der Waals surface area contributed by atoms with Crippen LogP contribution in [0.4, 0.5) is 0 Å². The summed E-state index contributed by atoms with van der Waals surface area (Å²) in [7, 11) is 1.32. The molecule has 19 heavy (non-hydrogen) atoms. The van der Waals surface area contributed by atoms with Crippen molar-refractivity contribution in [1.82, 2.24) is 5.32 Å². The minimum absolute atomic E-state index is 0.0361. The van der Waals surface area contributed by atoms with Crippen molar-refractivity contribution >= 4 is 11.9 Å². The molecular formula is C13H24N2O4. The van der Waals surface area contributed by atoms with Gasteiger partial charge in [0.1, 0.15) is 6.04 Å². The van der Waals surface area contributed by atoms with Crippen molar-refractivity contribution in [1.29, 1.82) is 0 Å². The molecule has 0 aromatic rings. The first-order valence-corrected chi connectivity index (χ1v) is 6.63. The molecule has 0 aliphatic carbocycles. The van der Waals surface area contributed by atoms with Crippen molar-refractivity contribution in [3.8, 4) is 0 Å². The Morgan fingerprint density at radius 3 is 2.37 bits per heavy atom. The Morgan fingerprint density at radius 2 is 1.95 bits per heavy atom. The molecule has 0 bridgehead atoms. The molecule has 1 aliphatic heterocycles. The fourth-order valence-electron chi connectivity index (χ4n) is 2.21. The van der Waals surface area contributed by atoms with Crippen molar-refractivity contribution in [2.75, 3.05) is 26.9 Å². The summed E-state index contributed by atoms with van der Waals surface area (Å²) in [4.78, 5) is 24.1. The van der Waals surface area contributed by atoms with Gasteiger partial charge < -0.3 is 20.5 Å². The lowest BCUT2D eigenvalue weighted by Crippen LogP contribution is -2.55.